The Labute approximate surface area is 181 Å². The number of hydrogen-bond donors (Lipinski definition) is 0. The quantitative estimate of drug-likeness (QED) is 0.430. The zero-order chi connectivity index (χ0) is 21.3. The maximum atomic E-state index is 6.64. The first-order chi connectivity index (χ1) is 13.5. The van der Waals surface area contributed by atoms with Crippen molar-refractivity contribution in [3.05, 3.63) is 72.9 Å². The van der Waals surface area contributed by atoms with E-state index in [9.17, 15) is 0 Å². The highest BCUT2D eigenvalue weighted by atomic mass is 32.5. The lowest BCUT2D eigenvalue weighted by atomic mass is 9.87. The van der Waals surface area contributed by atoms with Gasteiger partial charge in [-0.2, -0.15) is 0 Å². The van der Waals surface area contributed by atoms with Crippen LogP contribution in [0, 0.1) is 17.8 Å². The number of hydrogen-bond acceptors (Lipinski definition) is 4. The van der Waals surface area contributed by atoms with Gasteiger partial charge in [-0.15, -0.1) is 0 Å². The summed E-state index contributed by atoms with van der Waals surface area (Å²) in [5, 5.41) is 0. The lowest BCUT2D eigenvalue weighted by molar-refractivity contribution is -0.0204. The Bertz CT molecular complexity index is 745. The van der Waals surface area contributed by atoms with Crippen LogP contribution >= 0.6 is 6.72 Å². The van der Waals surface area contributed by atoms with Gasteiger partial charge >= 0.3 is 6.72 Å². The van der Waals surface area contributed by atoms with Gasteiger partial charge in [0.1, 0.15) is 0 Å². The molecule has 0 spiro atoms. The van der Waals surface area contributed by atoms with Gasteiger partial charge in [0, 0.05) is 17.8 Å². The maximum Gasteiger partial charge on any atom is 0.329 e. The molecule has 0 aromatic heterocycles. The van der Waals surface area contributed by atoms with Crippen LogP contribution < -0.4 is 0 Å². The van der Waals surface area contributed by atoms with E-state index in [-0.39, 0.29) is 17.8 Å². The first-order valence-corrected chi connectivity index (χ1v) is 12.9. The van der Waals surface area contributed by atoms with Gasteiger partial charge in [-0.3, -0.25) is 13.6 Å². The highest BCUT2D eigenvalue weighted by Crippen LogP contribution is 2.62. The summed E-state index contributed by atoms with van der Waals surface area (Å²) in [6.07, 6.45) is 24.7. The van der Waals surface area contributed by atoms with Gasteiger partial charge < -0.3 is 0 Å². The van der Waals surface area contributed by atoms with Crippen molar-refractivity contribution in [2.24, 2.45) is 17.8 Å². The van der Waals surface area contributed by atoms with Crippen molar-refractivity contribution in [3.8, 4) is 0 Å². The summed E-state index contributed by atoms with van der Waals surface area (Å²) in [6, 6.07) is 0. The summed E-state index contributed by atoms with van der Waals surface area (Å²) in [6.45, 7) is 9.38. The Morgan fingerprint density at radius 1 is 0.586 bits per heavy atom. The Kier molecular flexibility index (Phi) is 6.44. The van der Waals surface area contributed by atoms with E-state index in [1.165, 1.54) is 0 Å². The van der Waals surface area contributed by atoms with Crippen molar-refractivity contribution in [1.82, 2.24) is 0 Å². The first-order valence-electron chi connectivity index (χ1n) is 10.3. The highest BCUT2D eigenvalue weighted by molar-refractivity contribution is 8.07. The molecule has 29 heavy (non-hydrogen) atoms. The predicted molar refractivity (Wildman–Crippen MR) is 125 cm³/mol. The average molecular weight is 433 g/mol. The molecule has 5 heteroatoms. The van der Waals surface area contributed by atoms with Crippen molar-refractivity contribution in [3.63, 3.8) is 0 Å². The second kappa shape index (κ2) is 8.24. The third-order valence-electron chi connectivity index (χ3n) is 6.45. The fourth-order valence-electron chi connectivity index (χ4n) is 3.58. The molecule has 3 rings (SSSR count). The molecule has 0 amide bonds. The third kappa shape index (κ3) is 4.84. The van der Waals surface area contributed by atoms with Crippen LogP contribution in [0.3, 0.4) is 0 Å². The van der Waals surface area contributed by atoms with Crippen LogP contribution in [0.15, 0.2) is 72.9 Å². The van der Waals surface area contributed by atoms with Gasteiger partial charge in [0.2, 0.25) is 0 Å². The lowest BCUT2D eigenvalue weighted by Gasteiger charge is -2.45. The summed E-state index contributed by atoms with van der Waals surface area (Å²) < 4.78 is 19.9. The minimum atomic E-state index is -3.16. The normalized spacial score (nSPS) is 42.9. The molecule has 3 nitrogen and oxygen atoms in total. The SMILES string of the molecule is CC1C=CC=CC1(C)OP(=S)(OC1(C)C=CC=CC1C)OC1(C)C=CC=CC1C. The number of rotatable bonds is 6. The summed E-state index contributed by atoms with van der Waals surface area (Å²) in [4.78, 5) is 0. The van der Waals surface area contributed by atoms with E-state index in [0.29, 0.717) is 0 Å². The monoisotopic (exact) mass is 432 g/mol. The van der Waals surface area contributed by atoms with Crippen LogP contribution in [-0.2, 0) is 25.4 Å². The Hall–Kier alpha value is -1.03. The van der Waals surface area contributed by atoms with Crippen molar-refractivity contribution >= 4 is 18.5 Å². The van der Waals surface area contributed by atoms with Crippen LogP contribution in [-0.4, -0.2) is 16.8 Å². The van der Waals surface area contributed by atoms with Crippen LogP contribution in [0.2, 0.25) is 0 Å². The van der Waals surface area contributed by atoms with Gasteiger partial charge in [0.05, 0.1) is 16.8 Å². The molecule has 0 fully saturated rings. The smallest absolute Gasteiger partial charge is 0.297 e. The molecular formula is C24H33O3PS. The van der Waals surface area contributed by atoms with E-state index in [2.05, 4.69) is 78.0 Å². The molecule has 0 saturated carbocycles. The fraction of sp³-hybridized carbons (Fsp3) is 0.500. The second-order valence-corrected chi connectivity index (χ2v) is 11.7. The second-order valence-electron chi connectivity index (χ2n) is 8.87. The van der Waals surface area contributed by atoms with Gasteiger partial charge in [0.15, 0.2) is 0 Å². The minimum absolute atomic E-state index is 0.154. The zero-order valence-corrected chi connectivity index (χ0v) is 20.0. The fourth-order valence-corrected chi connectivity index (χ4v) is 7.26. The van der Waals surface area contributed by atoms with E-state index < -0.39 is 23.5 Å². The third-order valence-corrected chi connectivity index (χ3v) is 8.97. The predicted octanol–water partition coefficient (Wildman–Crippen LogP) is 6.82. The standard InChI is InChI=1S/C24H33O3PS/c1-19-13-7-10-16-22(19,4)25-28(29,26-23(5)17-11-8-14-20(23)2)27-24(6)18-12-9-15-21(24)3/h7-21H,1-6H3. The van der Waals surface area contributed by atoms with Gasteiger partial charge in [-0.05, 0) is 32.6 Å². The minimum Gasteiger partial charge on any atom is -0.297 e. The van der Waals surface area contributed by atoms with Crippen molar-refractivity contribution in [2.75, 3.05) is 0 Å². The summed E-state index contributed by atoms with van der Waals surface area (Å²) in [5.74, 6) is 0.461. The van der Waals surface area contributed by atoms with Crippen molar-refractivity contribution in [1.29, 1.82) is 0 Å². The van der Waals surface area contributed by atoms with Crippen LogP contribution in [0.4, 0.5) is 0 Å². The molecule has 0 aliphatic heterocycles. The molecule has 0 aromatic rings. The maximum absolute atomic E-state index is 6.64. The molecular weight excluding hydrogens is 399 g/mol. The van der Waals surface area contributed by atoms with E-state index in [1.54, 1.807) is 0 Å². The molecule has 0 bridgehead atoms. The molecule has 0 heterocycles. The van der Waals surface area contributed by atoms with Gasteiger partial charge in [-0.25, -0.2) is 0 Å². The highest BCUT2D eigenvalue weighted by Gasteiger charge is 2.46. The van der Waals surface area contributed by atoms with Crippen LogP contribution in [0.5, 0.6) is 0 Å². The summed E-state index contributed by atoms with van der Waals surface area (Å²) in [7, 11) is 0. The Morgan fingerprint density at radius 2 is 0.862 bits per heavy atom. The molecule has 158 valence electrons. The largest absolute Gasteiger partial charge is 0.329 e. The summed E-state index contributed by atoms with van der Waals surface area (Å²) >= 11 is 6.09. The lowest BCUT2D eigenvalue weighted by Crippen LogP contribution is -2.41. The molecule has 0 aromatic carbocycles. The molecule has 0 radical (unpaired) electrons. The van der Waals surface area contributed by atoms with E-state index >= 15 is 0 Å². The first kappa shape index (κ1) is 22.7. The molecule has 6 atom stereocenters. The molecule has 3 aliphatic carbocycles. The van der Waals surface area contributed by atoms with Gasteiger partial charge in [-0.1, -0.05) is 93.7 Å². The van der Waals surface area contributed by atoms with Crippen molar-refractivity contribution < 1.29 is 13.6 Å². The average Bonchev–Trinajstić information content (AvgIpc) is 2.62. The molecule has 0 N–H and O–H groups in total. The molecule has 0 saturated heterocycles. The van der Waals surface area contributed by atoms with Gasteiger partial charge in [0.25, 0.3) is 0 Å². The van der Waals surface area contributed by atoms with E-state index in [0.717, 1.165) is 0 Å². The topological polar surface area (TPSA) is 27.7 Å². The van der Waals surface area contributed by atoms with Crippen LogP contribution in [0.25, 0.3) is 0 Å². The zero-order valence-electron chi connectivity index (χ0n) is 18.2. The van der Waals surface area contributed by atoms with Crippen molar-refractivity contribution in [2.45, 2.75) is 58.3 Å². The Balaban J connectivity index is 1.96. The Morgan fingerprint density at radius 3 is 1.10 bits per heavy atom. The molecule has 3 aliphatic rings. The summed E-state index contributed by atoms with van der Waals surface area (Å²) in [5.41, 5.74) is -1.77. The number of allylic oxidation sites excluding steroid dienone is 6. The molecule has 6 unspecified atom stereocenters. The van der Waals surface area contributed by atoms with E-state index in [1.807, 2.05) is 36.5 Å². The van der Waals surface area contributed by atoms with E-state index in [4.69, 9.17) is 25.4 Å². The van der Waals surface area contributed by atoms with Crippen LogP contribution in [0.1, 0.15) is 41.5 Å².